The van der Waals surface area contributed by atoms with Crippen LogP contribution in [-0.2, 0) is 0 Å². The number of halogens is 1. The van der Waals surface area contributed by atoms with Crippen LogP contribution in [0.25, 0.3) is 0 Å². The predicted molar refractivity (Wildman–Crippen MR) is 144 cm³/mol. The van der Waals surface area contributed by atoms with E-state index in [-0.39, 0.29) is 16.9 Å². The highest BCUT2D eigenvalue weighted by molar-refractivity contribution is 14.1. The number of thiocarbonyl (C=S) groups is 1. The van der Waals surface area contributed by atoms with Gasteiger partial charge in [0.05, 0.1) is 11.4 Å². The van der Waals surface area contributed by atoms with Gasteiger partial charge in [0.2, 0.25) is 0 Å². The fourth-order valence-corrected chi connectivity index (χ4v) is 4.47. The Morgan fingerprint density at radius 1 is 0.818 bits per heavy atom. The zero-order chi connectivity index (χ0) is 23.2. The summed E-state index contributed by atoms with van der Waals surface area (Å²) in [5, 5.41) is 6.15. The molecule has 1 aliphatic rings. The average molecular weight is 570 g/mol. The molecule has 33 heavy (non-hydrogen) atoms. The summed E-state index contributed by atoms with van der Waals surface area (Å²) < 4.78 is 0.981. The van der Waals surface area contributed by atoms with Crippen LogP contribution < -0.4 is 15.5 Å². The van der Waals surface area contributed by atoms with Gasteiger partial charge in [-0.1, -0.05) is 36.4 Å². The van der Waals surface area contributed by atoms with E-state index in [2.05, 4.69) is 38.1 Å². The van der Waals surface area contributed by atoms with Gasteiger partial charge in [0, 0.05) is 40.9 Å². The normalized spacial score (nSPS) is 13.4. The maximum Gasteiger partial charge on any atom is 0.257 e. The number of nitrogens with zero attached hydrogens (tertiary/aromatic N) is 2. The van der Waals surface area contributed by atoms with Gasteiger partial charge in [-0.2, -0.15) is 0 Å². The molecule has 0 aliphatic carbocycles. The maximum atomic E-state index is 12.7. The number of anilines is 2. The van der Waals surface area contributed by atoms with Crippen molar-refractivity contribution in [2.24, 2.45) is 0 Å². The number of nitrogens with one attached hydrogen (secondary N) is 2. The van der Waals surface area contributed by atoms with Gasteiger partial charge in [-0.15, -0.1) is 0 Å². The first-order valence-corrected chi connectivity index (χ1v) is 12.1. The molecule has 8 heteroatoms. The standard InChI is InChI=1S/C25H23IN4O2S/c26-20-10-6-9-19(17-20)23(31)28-25(33)27-21-11-4-5-12-22(21)29-13-15-30(16-14-29)24(32)18-7-2-1-3-8-18/h1-12,17H,13-16H2,(H2,27,28,31,33). The smallest absolute Gasteiger partial charge is 0.257 e. The van der Waals surface area contributed by atoms with Crippen LogP contribution in [-0.4, -0.2) is 48.0 Å². The topological polar surface area (TPSA) is 64.7 Å². The van der Waals surface area contributed by atoms with E-state index in [9.17, 15) is 9.59 Å². The van der Waals surface area contributed by atoms with Gasteiger partial charge in [0.15, 0.2) is 5.11 Å². The number of para-hydroxylation sites is 2. The van der Waals surface area contributed by atoms with Gasteiger partial charge in [-0.05, 0) is 77.3 Å². The van der Waals surface area contributed by atoms with Crippen LogP contribution in [0.1, 0.15) is 20.7 Å². The van der Waals surface area contributed by atoms with Gasteiger partial charge < -0.3 is 15.1 Å². The summed E-state index contributed by atoms with van der Waals surface area (Å²) in [7, 11) is 0. The lowest BCUT2D eigenvalue weighted by Gasteiger charge is -2.37. The maximum absolute atomic E-state index is 12.7. The quantitative estimate of drug-likeness (QED) is 0.360. The Morgan fingerprint density at radius 3 is 2.21 bits per heavy atom. The number of rotatable bonds is 4. The molecular weight excluding hydrogens is 547 g/mol. The van der Waals surface area contributed by atoms with Crippen LogP contribution in [0.4, 0.5) is 11.4 Å². The second kappa shape index (κ2) is 10.8. The molecular formula is C25H23IN4O2S. The molecule has 4 rings (SSSR count). The molecule has 2 amide bonds. The van der Waals surface area contributed by atoms with Crippen LogP contribution in [0.15, 0.2) is 78.9 Å². The van der Waals surface area contributed by atoms with Gasteiger partial charge in [0.25, 0.3) is 11.8 Å². The number of carbonyl (C=O) groups is 2. The minimum absolute atomic E-state index is 0.0566. The molecule has 0 radical (unpaired) electrons. The Kier molecular flexibility index (Phi) is 7.56. The fourth-order valence-electron chi connectivity index (χ4n) is 3.73. The fraction of sp³-hybridized carbons (Fsp3) is 0.160. The summed E-state index contributed by atoms with van der Waals surface area (Å²) in [5.41, 5.74) is 3.06. The molecule has 3 aromatic carbocycles. The first kappa shape index (κ1) is 23.2. The predicted octanol–water partition coefficient (Wildman–Crippen LogP) is 4.38. The molecule has 0 atom stereocenters. The van der Waals surface area contributed by atoms with Crippen LogP contribution in [0.2, 0.25) is 0 Å². The molecule has 0 aromatic heterocycles. The second-order valence-corrected chi connectivity index (χ2v) is 9.23. The molecule has 168 valence electrons. The van der Waals surface area contributed by atoms with Crippen LogP contribution >= 0.6 is 34.8 Å². The number of benzene rings is 3. The highest BCUT2D eigenvalue weighted by atomic mass is 127. The van der Waals surface area contributed by atoms with Crippen molar-refractivity contribution >= 4 is 63.1 Å². The highest BCUT2D eigenvalue weighted by Gasteiger charge is 2.23. The summed E-state index contributed by atoms with van der Waals surface area (Å²) in [5.74, 6) is -0.197. The van der Waals surface area contributed by atoms with Crippen molar-refractivity contribution < 1.29 is 9.59 Å². The highest BCUT2D eigenvalue weighted by Crippen LogP contribution is 2.27. The van der Waals surface area contributed by atoms with Gasteiger partial charge in [-0.25, -0.2) is 0 Å². The Balaban J connectivity index is 1.38. The Hall–Kier alpha value is -2.98. The molecule has 6 nitrogen and oxygen atoms in total. The lowest BCUT2D eigenvalue weighted by atomic mass is 10.1. The zero-order valence-electron chi connectivity index (χ0n) is 17.8. The molecule has 0 saturated carbocycles. The Labute approximate surface area is 212 Å². The molecule has 1 heterocycles. The summed E-state index contributed by atoms with van der Waals surface area (Å²) >= 11 is 7.57. The van der Waals surface area contributed by atoms with E-state index >= 15 is 0 Å². The molecule has 1 fully saturated rings. The largest absolute Gasteiger partial charge is 0.366 e. The molecule has 1 aliphatic heterocycles. The van der Waals surface area contributed by atoms with E-state index in [0.29, 0.717) is 37.3 Å². The minimum Gasteiger partial charge on any atom is -0.366 e. The third-order valence-electron chi connectivity index (χ3n) is 5.39. The first-order chi connectivity index (χ1) is 16.0. The molecule has 3 aromatic rings. The lowest BCUT2D eigenvalue weighted by Crippen LogP contribution is -2.49. The van der Waals surface area contributed by atoms with E-state index in [1.165, 1.54) is 0 Å². The number of amides is 2. The number of hydrogen-bond donors (Lipinski definition) is 2. The van der Waals surface area contributed by atoms with Crippen LogP contribution in [0.3, 0.4) is 0 Å². The Morgan fingerprint density at radius 2 is 1.48 bits per heavy atom. The van der Waals surface area contributed by atoms with Crippen molar-refractivity contribution in [2.45, 2.75) is 0 Å². The number of hydrogen-bond acceptors (Lipinski definition) is 4. The van der Waals surface area contributed by atoms with Crippen molar-refractivity contribution in [3.8, 4) is 0 Å². The monoisotopic (exact) mass is 570 g/mol. The van der Waals surface area contributed by atoms with Crippen molar-refractivity contribution in [3.05, 3.63) is 93.6 Å². The number of piperazine rings is 1. The Bertz CT molecular complexity index is 1160. The molecule has 1 saturated heterocycles. The first-order valence-electron chi connectivity index (χ1n) is 10.6. The third-order valence-corrected chi connectivity index (χ3v) is 6.27. The van der Waals surface area contributed by atoms with Gasteiger partial charge >= 0.3 is 0 Å². The minimum atomic E-state index is -0.253. The van der Waals surface area contributed by atoms with Crippen molar-refractivity contribution in [1.82, 2.24) is 10.2 Å². The van der Waals surface area contributed by atoms with Crippen molar-refractivity contribution in [2.75, 3.05) is 36.4 Å². The van der Waals surface area contributed by atoms with Crippen molar-refractivity contribution in [1.29, 1.82) is 0 Å². The zero-order valence-corrected chi connectivity index (χ0v) is 20.8. The third kappa shape index (κ3) is 5.88. The van der Waals surface area contributed by atoms with Gasteiger partial charge in [-0.3, -0.25) is 14.9 Å². The molecule has 0 bridgehead atoms. The molecule has 0 spiro atoms. The van der Waals surface area contributed by atoms with E-state index in [4.69, 9.17) is 12.2 Å². The number of carbonyl (C=O) groups excluding carboxylic acids is 2. The van der Waals surface area contributed by atoms with E-state index in [1.54, 1.807) is 6.07 Å². The summed E-state index contributed by atoms with van der Waals surface area (Å²) in [6.07, 6.45) is 0. The lowest BCUT2D eigenvalue weighted by molar-refractivity contribution is 0.0746. The summed E-state index contributed by atoms with van der Waals surface area (Å²) in [6.45, 7) is 2.68. The summed E-state index contributed by atoms with van der Waals surface area (Å²) in [4.78, 5) is 29.4. The van der Waals surface area contributed by atoms with E-state index < -0.39 is 0 Å². The van der Waals surface area contributed by atoms with Crippen molar-refractivity contribution in [3.63, 3.8) is 0 Å². The second-order valence-electron chi connectivity index (χ2n) is 7.58. The van der Waals surface area contributed by atoms with Crippen LogP contribution in [0.5, 0.6) is 0 Å². The van der Waals surface area contributed by atoms with E-state index in [1.807, 2.05) is 77.7 Å². The van der Waals surface area contributed by atoms with Gasteiger partial charge in [0.1, 0.15) is 0 Å². The van der Waals surface area contributed by atoms with Crippen LogP contribution in [0, 0.1) is 3.57 Å². The average Bonchev–Trinajstić information content (AvgIpc) is 2.84. The SMILES string of the molecule is O=C(NC(=S)Nc1ccccc1N1CCN(C(=O)c2ccccc2)CC1)c1cccc(I)c1. The summed E-state index contributed by atoms with van der Waals surface area (Å²) in [6, 6.07) is 24.5. The molecule has 0 unspecified atom stereocenters. The van der Waals surface area contributed by atoms with E-state index in [0.717, 1.165) is 14.9 Å². The molecule has 2 N–H and O–H groups in total.